The molecule has 0 atom stereocenters. The van der Waals surface area contributed by atoms with Crippen molar-refractivity contribution in [1.82, 2.24) is 5.06 Å². The molecule has 0 radical (unpaired) electrons. The molecule has 6 nitrogen and oxygen atoms in total. The minimum absolute atomic E-state index is 0.0909. The fraction of sp³-hybridized carbons (Fsp3) is 0.875. The Kier molecular flexibility index (Phi) is 7.35. The molecular weight excluding hydrogens is 355 g/mol. The van der Waals surface area contributed by atoms with E-state index < -0.39 is 21.7 Å². The number of hydrogen-bond acceptors (Lipinski definition) is 5. The largest absolute Gasteiger partial charge is 0.481 e. The van der Waals surface area contributed by atoms with E-state index in [0.29, 0.717) is 19.4 Å². The van der Waals surface area contributed by atoms with E-state index in [4.69, 9.17) is 33.8 Å². The molecule has 0 aromatic carbocycles. The second-order valence-corrected chi connectivity index (χ2v) is 8.39. The fourth-order valence-electron chi connectivity index (χ4n) is 3.22. The van der Waals surface area contributed by atoms with Crippen molar-refractivity contribution >= 4 is 35.1 Å². The summed E-state index contributed by atoms with van der Waals surface area (Å²) in [6.45, 7) is 7.91. The number of nitrogens with zero attached hydrogens (tertiary/aromatic N) is 1. The topological polar surface area (TPSA) is 92.9 Å². The molecule has 8 heteroatoms. The third kappa shape index (κ3) is 4.15. The maximum atomic E-state index is 12.6. The average molecular weight is 383 g/mol. The Labute approximate surface area is 153 Å². The molecule has 0 aromatic rings. The molecule has 1 rings (SSSR count). The number of alkyl halides is 2. The highest BCUT2D eigenvalue weighted by atomic mass is 35.5. The summed E-state index contributed by atoms with van der Waals surface area (Å²) in [7, 11) is 0. The quantitative estimate of drug-likeness (QED) is 0.519. The number of carbonyl (C=O) groups excluding carboxylic acids is 1. The zero-order chi connectivity index (χ0) is 18.7. The van der Waals surface area contributed by atoms with Gasteiger partial charge in [-0.05, 0) is 65.8 Å². The predicted octanol–water partition coefficient (Wildman–Crippen LogP) is 2.96. The van der Waals surface area contributed by atoms with Crippen LogP contribution in [0.5, 0.6) is 0 Å². The summed E-state index contributed by atoms with van der Waals surface area (Å²) in [6.07, 6.45) is 1.51. The van der Waals surface area contributed by atoms with Gasteiger partial charge in [0.25, 0.3) is 0 Å². The first-order valence-corrected chi connectivity index (χ1v) is 9.07. The molecule has 0 aliphatic heterocycles. The van der Waals surface area contributed by atoms with E-state index in [1.807, 2.05) is 27.7 Å². The minimum atomic E-state index is -2.17. The molecule has 1 saturated carbocycles. The molecule has 140 valence electrons. The lowest BCUT2D eigenvalue weighted by Gasteiger charge is -2.43. The molecule has 1 aliphatic rings. The smallest absolute Gasteiger partial charge is 0.362 e. The van der Waals surface area contributed by atoms with Gasteiger partial charge in [-0.25, -0.2) is 4.79 Å². The zero-order valence-electron chi connectivity index (χ0n) is 14.7. The number of nitrogens with two attached hydrogens (primary N) is 1. The number of hydrogen-bond donors (Lipinski definition) is 2. The summed E-state index contributed by atoms with van der Waals surface area (Å²) in [5, 5.41) is 11.2. The highest BCUT2D eigenvalue weighted by molar-refractivity contribution is 6.59. The monoisotopic (exact) mass is 382 g/mol. The van der Waals surface area contributed by atoms with Crippen LogP contribution in [-0.2, 0) is 14.4 Å². The van der Waals surface area contributed by atoms with Crippen LogP contribution in [-0.4, -0.2) is 45.1 Å². The van der Waals surface area contributed by atoms with Gasteiger partial charge in [-0.3, -0.25) is 4.79 Å². The molecule has 24 heavy (non-hydrogen) atoms. The zero-order valence-corrected chi connectivity index (χ0v) is 16.2. The summed E-state index contributed by atoms with van der Waals surface area (Å²) < 4.78 is -2.17. The lowest BCUT2D eigenvalue weighted by Crippen LogP contribution is -2.55. The molecule has 0 amide bonds. The Morgan fingerprint density at radius 1 is 1.25 bits per heavy atom. The summed E-state index contributed by atoms with van der Waals surface area (Å²) in [5.41, 5.74) is 4.09. The van der Waals surface area contributed by atoms with Gasteiger partial charge in [-0.1, -0.05) is 23.2 Å². The summed E-state index contributed by atoms with van der Waals surface area (Å²) >= 11 is 12.6. The molecule has 0 spiro atoms. The number of hydroxylamine groups is 2. The van der Waals surface area contributed by atoms with Crippen LogP contribution in [0.25, 0.3) is 0 Å². The molecule has 0 heterocycles. The van der Waals surface area contributed by atoms with Crippen LogP contribution in [0.1, 0.15) is 53.4 Å². The first kappa shape index (κ1) is 21.5. The van der Waals surface area contributed by atoms with Crippen LogP contribution in [0.4, 0.5) is 0 Å². The van der Waals surface area contributed by atoms with E-state index in [1.165, 1.54) is 5.06 Å². The van der Waals surface area contributed by atoms with Crippen LogP contribution in [0.15, 0.2) is 0 Å². The van der Waals surface area contributed by atoms with E-state index in [-0.39, 0.29) is 30.8 Å². The first-order chi connectivity index (χ1) is 11.0. The second kappa shape index (κ2) is 8.21. The third-order valence-electron chi connectivity index (χ3n) is 4.77. The van der Waals surface area contributed by atoms with E-state index in [9.17, 15) is 14.7 Å². The van der Waals surface area contributed by atoms with Crippen LogP contribution in [0, 0.1) is 11.3 Å². The van der Waals surface area contributed by atoms with Crippen molar-refractivity contribution in [2.45, 2.75) is 69.8 Å². The van der Waals surface area contributed by atoms with E-state index in [1.54, 1.807) is 0 Å². The van der Waals surface area contributed by atoms with Crippen LogP contribution in [0.2, 0.25) is 0 Å². The van der Waals surface area contributed by atoms with Gasteiger partial charge in [0.1, 0.15) is 5.41 Å². The van der Waals surface area contributed by atoms with Gasteiger partial charge >= 0.3 is 11.9 Å². The van der Waals surface area contributed by atoms with Crippen LogP contribution < -0.4 is 5.73 Å². The molecule has 0 unspecified atom stereocenters. The maximum absolute atomic E-state index is 12.6. The van der Waals surface area contributed by atoms with Gasteiger partial charge in [0.05, 0.1) is 0 Å². The van der Waals surface area contributed by atoms with Gasteiger partial charge in [-0.15, -0.1) is 5.06 Å². The van der Waals surface area contributed by atoms with Gasteiger partial charge in [0.15, 0.2) is 0 Å². The fourth-order valence-corrected chi connectivity index (χ4v) is 3.83. The number of carbonyl (C=O) groups is 2. The van der Waals surface area contributed by atoms with E-state index >= 15 is 0 Å². The standard InChI is InChI=1S/C16H28Cl2N2O4/c1-10(2)20(11(3)4)24-14(23)16(17,18)15(13(21)22)7-5-12(9-19)6-8-15/h10-12H,5-9,19H2,1-4H3,(H,21,22). The van der Waals surface area contributed by atoms with Crippen molar-refractivity contribution in [2.75, 3.05) is 6.54 Å². The lowest BCUT2D eigenvalue weighted by molar-refractivity contribution is -0.214. The highest BCUT2D eigenvalue weighted by Crippen LogP contribution is 2.52. The van der Waals surface area contributed by atoms with Gasteiger partial charge in [-0.2, -0.15) is 0 Å². The second-order valence-electron chi connectivity index (χ2n) is 7.07. The Hall–Kier alpha value is -0.560. The van der Waals surface area contributed by atoms with Crippen molar-refractivity contribution in [3.05, 3.63) is 0 Å². The van der Waals surface area contributed by atoms with Gasteiger partial charge < -0.3 is 15.7 Å². The minimum Gasteiger partial charge on any atom is -0.481 e. The summed E-state index contributed by atoms with van der Waals surface area (Å²) in [6, 6.07) is -0.182. The molecule has 1 fully saturated rings. The molecular formula is C16H28Cl2N2O4. The molecule has 0 bridgehead atoms. The van der Waals surface area contributed by atoms with Crippen molar-refractivity contribution in [3.8, 4) is 0 Å². The molecule has 0 saturated heterocycles. The Morgan fingerprint density at radius 3 is 2.04 bits per heavy atom. The number of aliphatic carboxylic acids is 1. The van der Waals surface area contributed by atoms with Crippen LogP contribution in [0.3, 0.4) is 0 Å². The van der Waals surface area contributed by atoms with Gasteiger partial charge in [0.2, 0.25) is 4.33 Å². The lowest BCUT2D eigenvalue weighted by atomic mass is 9.68. The average Bonchev–Trinajstić information content (AvgIpc) is 2.51. The SMILES string of the molecule is CC(C)N(OC(=O)C(Cl)(Cl)C1(C(=O)O)CCC(CN)CC1)C(C)C. The number of rotatable bonds is 7. The van der Waals surface area contributed by atoms with Crippen molar-refractivity contribution in [2.24, 2.45) is 17.1 Å². The highest BCUT2D eigenvalue weighted by Gasteiger charge is 2.62. The summed E-state index contributed by atoms with van der Waals surface area (Å²) in [4.78, 5) is 29.9. The number of halogens is 2. The van der Waals surface area contributed by atoms with E-state index in [0.717, 1.165) is 0 Å². The van der Waals surface area contributed by atoms with Gasteiger partial charge in [0, 0.05) is 12.1 Å². The number of carboxylic acids is 1. The van der Waals surface area contributed by atoms with Crippen molar-refractivity contribution in [1.29, 1.82) is 0 Å². The normalized spacial score (nSPS) is 25.3. The maximum Gasteiger partial charge on any atom is 0.362 e. The first-order valence-electron chi connectivity index (χ1n) is 8.31. The van der Waals surface area contributed by atoms with Crippen molar-refractivity contribution < 1.29 is 19.5 Å². The third-order valence-corrected chi connectivity index (χ3v) is 5.80. The van der Waals surface area contributed by atoms with E-state index in [2.05, 4.69) is 0 Å². The predicted molar refractivity (Wildman–Crippen MR) is 93.7 cm³/mol. The molecule has 3 N–H and O–H groups in total. The molecule has 0 aromatic heterocycles. The number of carboxylic acid groups (broad SMARTS) is 1. The Morgan fingerprint density at radius 2 is 1.71 bits per heavy atom. The Bertz CT molecular complexity index is 453. The Balaban J connectivity index is 3.04. The molecule has 1 aliphatic carbocycles. The van der Waals surface area contributed by atoms with Crippen LogP contribution >= 0.6 is 23.2 Å². The summed E-state index contributed by atoms with van der Waals surface area (Å²) in [5.74, 6) is -1.90. The van der Waals surface area contributed by atoms with Crippen molar-refractivity contribution in [3.63, 3.8) is 0 Å².